The third kappa shape index (κ3) is 3.05. The minimum absolute atomic E-state index is 0.0207. The van der Waals surface area contributed by atoms with Gasteiger partial charge in [0.05, 0.1) is 28.5 Å². The highest BCUT2D eigenvalue weighted by atomic mass is 32.2. The molecule has 94 valence electrons. The van der Waals surface area contributed by atoms with Gasteiger partial charge in [0, 0.05) is 4.90 Å². The van der Waals surface area contributed by atoms with E-state index in [4.69, 9.17) is 4.74 Å². The fraction of sp³-hybridized carbons (Fsp3) is 0.154. The molecule has 0 spiro atoms. The number of hydrogen-bond acceptors (Lipinski definition) is 4. The fourth-order valence-electron chi connectivity index (χ4n) is 1.44. The molecule has 2 rings (SSSR count). The quantitative estimate of drug-likeness (QED) is 0.791. The van der Waals surface area contributed by atoms with Gasteiger partial charge in [-0.05, 0) is 35.7 Å². The van der Waals surface area contributed by atoms with Crippen molar-refractivity contribution in [1.29, 1.82) is 0 Å². The van der Waals surface area contributed by atoms with Gasteiger partial charge in [0.1, 0.15) is 5.75 Å². The van der Waals surface area contributed by atoms with Crippen LogP contribution in [0.2, 0.25) is 0 Å². The Balaban J connectivity index is 2.05. The lowest BCUT2D eigenvalue weighted by molar-refractivity contribution is 0.102. The van der Waals surface area contributed by atoms with E-state index in [-0.39, 0.29) is 11.5 Å². The highest BCUT2D eigenvalue weighted by Gasteiger charge is 2.13. The zero-order valence-corrected chi connectivity index (χ0v) is 11.4. The Bertz CT molecular complexity index is 544. The molecule has 2 aromatic rings. The van der Waals surface area contributed by atoms with E-state index in [1.54, 1.807) is 37.4 Å². The minimum Gasteiger partial charge on any atom is -0.497 e. The van der Waals surface area contributed by atoms with Gasteiger partial charge in [-0.1, -0.05) is 6.07 Å². The van der Waals surface area contributed by atoms with Crippen LogP contribution in [-0.2, 0) is 10.8 Å². The molecule has 0 amide bonds. The van der Waals surface area contributed by atoms with E-state index in [1.165, 1.54) is 11.3 Å². The number of thiophene rings is 1. The summed E-state index contributed by atoms with van der Waals surface area (Å²) in [4.78, 5) is 13.1. The van der Waals surface area contributed by atoms with E-state index >= 15 is 0 Å². The largest absolute Gasteiger partial charge is 0.497 e. The van der Waals surface area contributed by atoms with E-state index < -0.39 is 10.8 Å². The maximum Gasteiger partial charge on any atom is 0.185 e. The van der Waals surface area contributed by atoms with Crippen molar-refractivity contribution in [3.63, 3.8) is 0 Å². The topological polar surface area (TPSA) is 43.4 Å². The van der Waals surface area contributed by atoms with Gasteiger partial charge < -0.3 is 4.74 Å². The Morgan fingerprint density at radius 3 is 2.56 bits per heavy atom. The van der Waals surface area contributed by atoms with Crippen LogP contribution in [-0.4, -0.2) is 22.9 Å². The molecule has 1 unspecified atom stereocenters. The number of Topliss-reactive ketones (excluding diaryl/α,β-unsaturated/α-hetero) is 1. The Morgan fingerprint density at radius 1 is 1.28 bits per heavy atom. The molecule has 0 saturated carbocycles. The molecule has 0 saturated heterocycles. The van der Waals surface area contributed by atoms with Crippen LogP contribution < -0.4 is 4.74 Å². The molecule has 1 heterocycles. The minimum atomic E-state index is -1.31. The molecule has 0 fully saturated rings. The molecule has 0 aliphatic carbocycles. The number of methoxy groups -OCH3 is 1. The van der Waals surface area contributed by atoms with Crippen LogP contribution in [0.15, 0.2) is 46.7 Å². The maximum atomic E-state index is 12.0. The van der Waals surface area contributed by atoms with Crippen LogP contribution in [0.25, 0.3) is 0 Å². The van der Waals surface area contributed by atoms with Gasteiger partial charge in [0.25, 0.3) is 0 Å². The Labute approximate surface area is 112 Å². The SMILES string of the molecule is COc1ccc(S(=O)CC(=O)c2cccs2)cc1. The van der Waals surface area contributed by atoms with E-state index in [2.05, 4.69) is 0 Å². The lowest BCUT2D eigenvalue weighted by atomic mass is 10.3. The summed E-state index contributed by atoms with van der Waals surface area (Å²) in [5.41, 5.74) is 0. The average Bonchev–Trinajstić information content (AvgIpc) is 2.92. The van der Waals surface area contributed by atoms with Crippen LogP contribution >= 0.6 is 11.3 Å². The highest BCUT2D eigenvalue weighted by molar-refractivity contribution is 7.85. The van der Waals surface area contributed by atoms with E-state index in [0.717, 1.165) is 0 Å². The summed E-state index contributed by atoms with van der Waals surface area (Å²) in [6.45, 7) is 0. The molecule has 0 aliphatic heterocycles. The molecular formula is C13H12O3S2. The lowest BCUT2D eigenvalue weighted by Gasteiger charge is -2.03. The zero-order valence-electron chi connectivity index (χ0n) is 9.79. The van der Waals surface area contributed by atoms with E-state index in [0.29, 0.717) is 15.5 Å². The molecular weight excluding hydrogens is 268 g/mol. The van der Waals surface area contributed by atoms with E-state index in [1.807, 2.05) is 11.4 Å². The van der Waals surface area contributed by atoms with Gasteiger partial charge in [-0.2, -0.15) is 0 Å². The summed E-state index contributed by atoms with van der Waals surface area (Å²) < 4.78 is 17.0. The average molecular weight is 280 g/mol. The summed E-state index contributed by atoms with van der Waals surface area (Å²) in [7, 11) is 0.269. The fourth-order valence-corrected chi connectivity index (χ4v) is 3.19. The molecule has 0 N–H and O–H groups in total. The van der Waals surface area contributed by atoms with Gasteiger partial charge >= 0.3 is 0 Å². The van der Waals surface area contributed by atoms with Crippen LogP contribution in [0.1, 0.15) is 9.67 Å². The second-order valence-electron chi connectivity index (χ2n) is 3.57. The molecule has 0 radical (unpaired) electrons. The number of carbonyl (C=O) groups is 1. The summed E-state index contributed by atoms with van der Waals surface area (Å²) >= 11 is 1.37. The molecule has 1 aromatic carbocycles. The van der Waals surface area contributed by atoms with E-state index in [9.17, 15) is 9.00 Å². The highest BCUT2D eigenvalue weighted by Crippen LogP contribution is 2.16. The molecule has 0 bridgehead atoms. The first-order valence-electron chi connectivity index (χ1n) is 5.30. The van der Waals surface area contributed by atoms with Crippen molar-refractivity contribution in [2.75, 3.05) is 12.9 Å². The van der Waals surface area contributed by atoms with Crippen LogP contribution in [0.4, 0.5) is 0 Å². The first-order valence-corrected chi connectivity index (χ1v) is 7.49. The second-order valence-corrected chi connectivity index (χ2v) is 5.96. The summed E-state index contributed by atoms with van der Waals surface area (Å²) in [6.07, 6.45) is 0. The number of ketones is 1. The Hall–Kier alpha value is -1.46. The number of hydrogen-bond donors (Lipinski definition) is 0. The molecule has 5 heteroatoms. The number of carbonyl (C=O) groups excluding carboxylic acids is 1. The maximum absolute atomic E-state index is 12.0. The van der Waals surface area contributed by atoms with Crippen molar-refractivity contribution in [2.45, 2.75) is 4.90 Å². The molecule has 1 aromatic heterocycles. The lowest BCUT2D eigenvalue weighted by Crippen LogP contribution is -2.09. The van der Waals surface area contributed by atoms with Crippen molar-refractivity contribution in [3.05, 3.63) is 46.7 Å². The number of rotatable bonds is 5. The van der Waals surface area contributed by atoms with Gasteiger partial charge in [-0.3, -0.25) is 9.00 Å². The van der Waals surface area contributed by atoms with Gasteiger partial charge in [-0.15, -0.1) is 11.3 Å². The van der Waals surface area contributed by atoms with Crippen molar-refractivity contribution >= 4 is 27.9 Å². The van der Waals surface area contributed by atoms with Crippen molar-refractivity contribution in [3.8, 4) is 5.75 Å². The van der Waals surface area contributed by atoms with Gasteiger partial charge in [0.2, 0.25) is 0 Å². The predicted molar refractivity (Wildman–Crippen MR) is 72.9 cm³/mol. The molecule has 0 aliphatic rings. The standard InChI is InChI=1S/C13H12O3S2/c1-16-10-4-6-11(7-5-10)18(15)9-12(14)13-3-2-8-17-13/h2-8H,9H2,1H3. The monoisotopic (exact) mass is 280 g/mol. The summed E-state index contributed by atoms with van der Waals surface area (Å²) in [6, 6.07) is 10.5. The first-order chi connectivity index (χ1) is 8.70. The van der Waals surface area contributed by atoms with Crippen LogP contribution in [0.5, 0.6) is 5.75 Å². The Kier molecular flexibility index (Phi) is 4.28. The normalized spacial score (nSPS) is 12.1. The van der Waals surface area contributed by atoms with Crippen LogP contribution in [0, 0.1) is 0 Å². The summed E-state index contributed by atoms with van der Waals surface area (Å²) in [5, 5.41) is 1.84. The van der Waals surface area contributed by atoms with Gasteiger partial charge in [-0.25, -0.2) is 0 Å². The zero-order chi connectivity index (χ0) is 13.0. The first kappa shape index (κ1) is 13.0. The van der Waals surface area contributed by atoms with Gasteiger partial charge in [0.15, 0.2) is 5.78 Å². The molecule has 3 nitrogen and oxygen atoms in total. The number of benzene rings is 1. The molecule has 18 heavy (non-hydrogen) atoms. The van der Waals surface area contributed by atoms with Crippen molar-refractivity contribution < 1.29 is 13.7 Å². The molecule has 1 atom stereocenters. The second kappa shape index (κ2) is 5.93. The predicted octanol–water partition coefficient (Wildman–Crippen LogP) is 2.75. The number of ether oxygens (including phenoxy) is 1. The van der Waals surface area contributed by atoms with Crippen molar-refractivity contribution in [2.24, 2.45) is 0 Å². The smallest absolute Gasteiger partial charge is 0.185 e. The summed E-state index contributed by atoms with van der Waals surface area (Å²) in [5.74, 6) is 0.645. The van der Waals surface area contributed by atoms with Crippen molar-refractivity contribution in [1.82, 2.24) is 0 Å². The van der Waals surface area contributed by atoms with Crippen LogP contribution in [0.3, 0.4) is 0 Å². The third-order valence-corrected chi connectivity index (χ3v) is 4.61. The third-order valence-electron chi connectivity index (χ3n) is 2.38. The Morgan fingerprint density at radius 2 is 2.00 bits per heavy atom.